The lowest BCUT2D eigenvalue weighted by Crippen LogP contribution is -2.26. The number of rotatable bonds is 8. The molecule has 0 saturated heterocycles. The van der Waals surface area contributed by atoms with Crippen molar-refractivity contribution in [3.8, 4) is 5.75 Å². The van der Waals surface area contributed by atoms with Crippen LogP contribution in [0.15, 0.2) is 65.7 Å². The van der Waals surface area contributed by atoms with Crippen molar-refractivity contribution in [1.29, 1.82) is 0 Å². The molecule has 0 bridgehead atoms. The molecule has 0 aliphatic rings. The molecule has 0 atom stereocenters. The number of nitrogens with zero attached hydrogens (tertiary/aromatic N) is 1. The molecule has 0 aliphatic heterocycles. The third kappa shape index (κ3) is 4.20. The summed E-state index contributed by atoms with van der Waals surface area (Å²) in [6.07, 6.45) is 2.50. The van der Waals surface area contributed by atoms with Crippen LogP contribution >= 0.6 is 0 Å². The van der Waals surface area contributed by atoms with Crippen LogP contribution in [0.1, 0.15) is 6.42 Å². The third-order valence-corrected chi connectivity index (χ3v) is 5.40. The summed E-state index contributed by atoms with van der Waals surface area (Å²) in [4.78, 5) is -0.299. The normalized spacial score (nSPS) is 12.0. The number of sulfonamides is 1. The predicted octanol–water partition coefficient (Wildman–Crippen LogP) is 3.61. The SMILES string of the molecule is O=S(=O)(NCCCn1ccc2ccccc21)c1ccccc1OC(F)F. The molecule has 0 radical (unpaired) electrons. The van der Waals surface area contributed by atoms with Crippen LogP contribution in [0.2, 0.25) is 0 Å². The van der Waals surface area contributed by atoms with Gasteiger partial charge in [-0.25, -0.2) is 13.1 Å². The zero-order valence-electron chi connectivity index (χ0n) is 13.8. The fourth-order valence-electron chi connectivity index (χ4n) is 2.73. The van der Waals surface area contributed by atoms with Crippen molar-refractivity contribution in [3.05, 3.63) is 60.8 Å². The van der Waals surface area contributed by atoms with Crippen LogP contribution in [-0.4, -0.2) is 26.1 Å². The first-order chi connectivity index (χ1) is 12.5. The highest BCUT2D eigenvalue weighted by molar-refractivity contribution is 7.89. The maximum Gasteiger partial charge on any atom is 0.387 e. The number of ether oxygens (including phenoxy) is 1. The zero-order chi connectivity index (χ0) is 18.6. The van der Waals surface area contributed by atoms with E-state index in [1.807, 2.05) is 41.1 Å². The van der Waals surface area contributed by atoms with Gasteiger partial charge in [0.15, 0.2) is 0 Å². The average Bonchev–Trinajstić information content (AvgIpc) is 3.02. The van der Waals surface area contributed by atoms with Crippen LogP contribution in [0, 0.1) is 0 Å². The summed E-state index contributed by atoms with van der Waals surface area (Å²) in [6, 6.07) is 15.2. The van der Waals surface area contributed by atoms with Crippen molar-refractivity contribution < 1.29 is 21.9 Å². The van der Waals surface area contributed by atoms with Gasteiger partial charge in [-0.1, -0.05) is 30.3 Å². The Balaban J connectivity index is 1.62. The number of fused-ring (bicyclic) bond motifs is 1. The number of aromatic nitrogens is 1. The highest BCUT2D eigenvalue weighted by Gasteiger charge is 2.20. The molecule has 26 heavy (non-hydrogen) atoms. The van der Waals surface area contributed by atoms with Crippen molar-refractivity contribution in [2.45, 2.75) is 24.5 Å². The summed E-state index contributed by atoms with van der Waals surface area (Å²) in [7, 11) is -3.94. The molecule has 138 valence electrons. The molecule has 1 heterocycles. The van der Waals surface area contributed by atoms with Crippen LogP contribution in [0.3, 0.4) is 0 Å². The molecular formula is C18H18F2N2O3S. The molecule has 1 N–H and O–H groups in total. The number of nitrogens with one attached hydrogen (secondary N) is 1. The van der Waals surface area contributed by atoms with E-state index in [0.29, 0.717) is 13.0 Å². The first kappa shape index (κ1) is 18.3. The number of halogens is 2. The Labute approximate surface area is 150 Å². The van der Waals surface area contributed by atoms with E-state index in [0.717, 1.165) is 10.9 Å². The van der Waals surface area contributed by atoms with Gasteiger partial charge >= 0.3 is 6.61 Å². The van der Waals surface area contributed by atoms with E-state index in [4.69, 9.17) is 0 Å². The molecule has 0 amide bonds. The first-order valence-electron chi connectivity index (χ1n) is 8.05. The maximum absolute atomic E-state index is 12.4. The Kier molecular flexibility index (Phi) is 5.53. The molecule has 0 saturated carbocycles. The first-order valence-corrected chi connectivity index (χ1v) is 9.53. The second-order valence-corrected chi connectivity index (χ2v) is 7.38. The van der Waals surface area contributed by atoms with E-state index in [2.05, 4.69) is 9.46 Å². The Hall–Kier alpha value is -2.45. The Bertz CT molecular complexity index is 987. The van der Waals surface area contributed by atoms with Gasteiger partial charge in [0.1, 0.15) is 10.6 Å². The van der Waals surface area contributed by atoms with Crippen LogP contribution in [0.25, 0.3) is 10.9 Å². The van der Waals surface area contributed by atoms with Gasteiger partial charge < -0.3 is 9.30 Å². The van der Waals surface area contributed by atoms with E-state index in [9.17, 15) is 17.2 Å². The molecule has 0 unspecified atom stereocenters. The molecule has 3 aromatic rings. The minimum Gasteiger partial charge on any atom is -0.433 e. The molecule has 1 aromatic heterocycles. The third-order valence-electron chi connectivity index (χ3n) is 3.90. The lowest BCUT2D eigenvalue weighted by atomic mass is 10.2. The summed E-state index contributed by atoms with van der Waals surface area (Å²) < 4.78 is 58.4. The molecular weight excluding hydrogens is 362 g/mol. The minimum atomic E-state index is -3.94. The van der Waals surface area contributed by atoms with Gasteiger partial charge in [0.25, 0.3) is 0 Å². The number of para-hydroxylation sites is 2. The van der Waals surface area contributed by atoms with Crippen LogP contribution < -0.4 is 9.46 Å². The average molecular weight is 380 g/mol. The smallest absolute Gasteiger partial charge is 0.387 e. The summed E-state index contributed by atoms with van der Waals surface area (Å²) in [5, 5.41) is 1.12. The van der Waals surface area contributed by atoms with Crippen molar-refractivity contribution in [1.82, 2.24) is 9.29 Å². The van der Waals surface area contributed by atoms with Crippen molar-refractivity contribution in [3.63, 3.8) is 0 Å². The van der Waals surface area contributed by atoms with Crippen molar-refractivity contribution in [2.75, 3.05) is 6.54 Å². The Morgan fingerprint density at radius 3 is 2.58 bits per heavy atom. The standard InChI is InChI=1S/C18H18F2N2O3S/c19-18(20)25-16-8-3-4-9-17(16)26(23,24)21-11-5-12-22-13-10-14-6-1-2-7-15(14)22/h1-4,6-10,13,18,21H,5,11-12H2. The van der Waals surface area contributed by atoms with E-state index in [1.54, 1.807) is 0 Å². The number of hydrogen-bond donors (Lipinski definition) is 1. The van der Waals surface area contributed by atoms with Crippen LogP contribution in [-0.2, 0) is 16.6 Å². The number of benzene rings is 2. The van der Waals surface area contributed by atoms with Crippen molar-refractivity contribution >= 4 is 20.9 Å². The number of alkyl halides is 2. The van der Waals surface area contributed by atoms with E-state index in [1.165, 1.54) is 24.3 Å². The monoisotopic (exact) mass is 380 g/mol. The molecule has 3 rings (SSSR count). The van der Waals surface area contributed by atoms with E-state index >= 15 is 0 Å². The summed E-state index contributed by atoms with van der Waals surface area (Å²) in [5.41, 5.74) is 1.08. The molecule has 0 fully saturated rings. The largest absolute Gasteiger partial charge is 0.433 e. The highest BCUT2D eigenvalue weighted by Crippen LogP contribution is 2.24. The quantitative estimate of drug-likeness (QED) is 0.608. The fraction of sp³-hybridized carbons (Fsp3) is 0.222. The summed E-state index contributed by atoms with van der Waals surface area (Å²) in [6.45, 7) is -2.28. The molecule has 2 aromatic carbocycles. The number of hydrogen-bond acceptors (Lipinski definition) is 3. The van der Waals surface area contributed by atoms with Gasteiger partial charge in [-0.3, -0.25) is 0 Å². The van der Waals surface area contributed by atoms with Gasteiger partial charge in [0.2, 0.25) is 10.0 Å². The van der Waals surface area contributed by atoms with Gasteiger partial charge in [-0.2, -0.15) is 8.78 Å². The second kappa shape index (κ2) is 7.84. The highest BCUT2D eigenvalue weighted by atomic mass is 32.2. The van der Waals surface area contributed by atoms with E-state index < -0.39 is 16.6 Å². The predicted molar refractivity (Wildman–Crippen MR) is 94.8 cm³/mol. The van der Waals surface area contributed by atoms with Gasteiger partial charge in [-0.05, 0) is 36.1 Å². The molecule has 0 aliphatic carbocycles. The Morgan fingerprint density at radius 1 is 1.04 bits per heavy atom. The lowest BCUT2D eigenvalue weighted by Gasteiger charge is -2.12. The minimum absolute atomic E-state index is 0.178. The lowest BCUT2D eigenvalue weighted by molar-refractivity contribution is -0.0517. The van der Waals surface area contributed by atoms with Crippen molar-refractivity contribution in [2.24, 2.45) is 0 Å². The Morgan fingerprint density at radius 2 is 1.77 bits per heavy atom. The topological polar surface area (TPSA) is 60.3 Å². The van der Waals surface area contributed by atoms with Gasteiger partial charge in [0.05, 0.1) is 0 Å². The second-order valence-electron chi connectivity index (χ2n) is 5.64. The van der Waals surface area contributed by atoms with Crippen LogP contribution in [0.4, 0.5) is 8.78 Å². The van der Waals surface area contributed by atoms with Crippen LogP contribution in [0.5, 0.6) is 5.75 Å². The molecule has 5 nitrogen and oxygen atoms in total. The summed E-state index contributed by atoms with van der Waals surface area (Å²) >= 11 is 0. The summed E-state index contributed by atoms with van der Waals surface area (Å²) in [5.74, 6) is -0.369. The van der Waals surface area contributed by atoms with Gasteiger partial charge in [0, 0.05) is 24.8 Å². The fourth-order valence-corrected chi connectivity index (χ4v) is 3.94. The molecule has 8 heteroatoms. The van der Waals surface area contributed by atoms with E-state index in [-0.39, 0.29) is 17.2 Å². The maximum atomic E-state index is 12.4. The molecule has 0 spiro atoms. The van der Waals surface area contributed by atoms with Gasteiger partial charge in [-0.15, -0.1) is 0 Å². The zero-order valence-corrected chi connectivity index (χ0v) is 14.6. The number of aryl methyl sites for hydroxylation is 1.